The van der Waals surface area contributed by atoms with E-state index in [1.807, 2.05) is 6.07 Å². The Hall–Kier alpha value is -4.16. The lowest BCUT2D eigenvalue weighted by atomic mass is 9.95. The van der Waals surface area contributed by atoms with Crippen LogP contribution in [0.3, 0.4) is 0 Å². The monoisotopic (exact) mass is 497 g/mol. The molecule has 1 aliphatic heterocycles. The van der Waals surface area contributed by atoms with E-state index in [0.717, 1.165) is 43.4 Å². The molecule has 0 radical (unpaired) electrons. The number of aryl methyl sites for hydroxylation is 1. The fraction of sp³-hybridized carbons (Fsp3) is 0.286. The van der Waals surface area contributed by atoms with Gasteiger partial charge in [-0.05, 0) is 62.7 Å². The molecule has 1 saturated heterocycles. The molecule has 4 heterocycles. The summed E-state index contributed by atoms with van der Waals surface area (Å²) in [5.74, 6) is -0.574. The second kappa shape index (κ2) is 9.05. The number of likely N-dealkylation sites (tertiary alicyclic amines) is 1. The first kappa shape index (κ1) is 23.3. The van der Waals surface area contributed by atoms with Gasteiger partial charge in [0, 0.05) is 36.2 Å². The molecule has 1 aliphatic rings. The Bertz CT molecular complexity index is 1690. The Morgan fingerprint density at radius 3 is 2.57 bits per heavy atom. The molecular formula is C28H25F2N7. The number of hydrogen-bond donors (Lipinski definition) is 0. The summed E-state index contributed by atoms with van der Waals surface area (Å²) < 4.78 is 33.9. The van der Waals surface area contributed by atoms with Crippen LogP contribution in [0.15, 0.2) is 49.1 Å². The minimum Gasteiger partial charge on any atom is -0.329 e. The molecule has 0 N–H and O–H groups in total. The van der Waals surface area contributed by atoms with E-state index in [1.165, 1.54) is 18.2 Å². The first-order valence-electron chi connectivity index (χ1n) is 12.3. The van der Waals surface area contributed by atoms with Crippen LogP contribution in [0.2, 0.25) is 0 Å². The Morgan fingerprint density at radius 2 is 1.81 bits per heavy atom. The van der Waals surface area contributed by atoms with E-state index < -0.39 is 11.6 Å². The third-order valence-corrected chi connectivity index (χ3v) is 7.43. The molecule has 0 aliphatic carbocycles. The van der Waals surface area contributed by atoms with Crippen LogP contribution in [0.25, 0.3) is 44.3 Å². The molecule has 0 bridgehead atoms. The number of nitriles is 1. The molecule has 9 heteroatoms. The first-order valence-corrected chi connectivity index (χ1v) is 12.3. The van der Waals surface area contributed by atoms with Gasteiger partial charge in [-0.15, -0.1) is 0 Å². The summed E-state index contributed by atoms with van der Waals surface area (Å²) in [5.41, 5.74) is 3.70. The van der Waals surface area contributed by atoms with E-state index in [4.69, 9.17) is 9.97 Å². The number of rotatable bonds is 4. The van der Waals surface area contributed by atoms with Gasteiger partial charge in [0.15, 0.2) is 0 Å². The third kappa shape index (κ3) is 4.03. The molecule has 7 nitrogen and oxygen atoms in total. The zero-order valence-corrected chi connectivity index (χ0v) is 20.6. The smallest absolute Gasteiger partial charge is 0.141 e. The lowest BCUT2D eigenvalue weighted by Gasteiger charge is -2.29. The van der Waals surface area contributed by atoms with E-state index in [1.54, 1.807) is 42.6 Å². The molecule has 0 amide bonds. The molecule has 0 unspecified atom stereocenters. The van der Waals surface area contributed by atoms with Crippen LogP contribution in [0.5, 0.6) is 0 Å². The number of benzene rings is 2. The lowest BCUT2D eigenvalue weighted by molar-refractivity contribution is 0.206. The van der Waals surface area contributed by atoms with Crippen molar-refractivity contribution in [2.45, 2.75) is 19.4 Å². The van der Waals surface area contributed by atoms with Crippen molar-refractivity contribution in [3.63, 3.8) is 0 Å². The molecule has 0 atom stereocenters. The second-order valence-corrected chi connectivity index (χ2v) is 9.82. The second-order valence-electron chi connectivity index (χ2n) is 9.82. The lowest BCUT2D eigenvalue weighted by Crippen LogP contribution is -2.31. The van der Waals surface area contributed by atoms with Gasteiger partial charge in [-0.3, -0.25) is 9.67 Å². The summed E-state index contributed by atoms with van der Waals surface area (Å²) in [5, 5.41) is 14.2. The molecule has 0 spiro atoms. The van der Waals surface area contributed by atoms with Crippen molar-refractivity contribution in [2.75, 3.05) is 20.1 Å². The highest BCUT2D eigenvalue weighted by molar-refractivity contribution is 6.00. The van der Waals surface area contributed by atoms with Gasteiger partial charge in [0.1, 0.15) is 23.2 Å². The van der Waals surface area contributed by atoms with Crippen molar-refractivity contribution >= 4 is 21.9 Å². The number of fused-ring (bicyclic) bond motifs is 2. The highest BCUT2D eigenvalue weighted by atomic mass is 19.1. The van der Waals surface area contributed by atoms with E-state index in [0.29, 0.717) is 33.8 Å². The van der Waals surface area contributed by atoms with Crippen molar-refractivity contribution in [3.8, 4) is 28.5 Å². The molecule has 5 aromatic rings. The van der Waals surface area contributed by atoms with E-state index in [2.05, 4.69) is 21.6 Å². The molecule has 186 valence electrons. The van der Waals surface area contributed by atoms with Gasteiger partial charge in [0.25, 0.3) is 0 Å². The van der Waals surface area contributed by atoms with E-state index in [9.17, 15) is 9.65 Å². The van der Waals surface area contributed by atoms with E-state index in [-0.39, 0.29) is 11.1 Å². The quantitative estimate of drug-likeness (QED) is 0.344. The van der Waals surface area contributed by atoms with Gasteiger partial charge in [0.2, 0.25) is 0 Å². The van der Waals surface area contributed by atoms with Crippen LogP contribution in [0.1, 0.15) is 18.4 Å². The number of pyridine rings is 1. The molecule has 37 heavy (non-hydrogen) atoms. The van der Waals surface area contributed by atoms with Crippen LogP contribution in [-0.2, 0) is 13.6 Å². The predicted molar refractivity (Wildman–Crippen MR) is 138 cm³/mol. The van der Waals surface area contributed by atoms with Crippen LogP contribution < -0.4 is 0 Å². The summed E-state index contributed by atoms with van der Waals surface area (Å²) >= 11 is 0. The zero-order valence-electron chi connectivity index (χ0n) is 20.6. The highest BCUT2D eigenvalue weighted by Crippen LogP contribution is 2.39. The Morgan fingerprint density at radius 1 is 1.00 bits per heavy atom. The number of aromatic nitrogens is 5. The van der Waals surface area contributed by atoms with Gasteiger partial charge < -0.3 is 9.47 Å². The normalized spacial score (nSPS) is 15.0. The van der Waals surface area contributed by atoms with Crippen LogP contribution >= 0.6 is 0 Å². The van der Waals surface area contributed by atoms with Crippen molar-refractivity contribution in [3.05, 3.63) is 66.3 Å². The SMILES string of the molecule is CN1CCC(Cn2cnc3c(-c4ccc(C#N)c(F)c4)c(-c4cc5cnn(C)c5cc4F)ncc32)CC1. The maximum absolute atomic E-state index is 15.5. The first-order chi connectivity index (χ1) is 17.9. The Kier molecular flexibility index (Phi) is 5.69. The average Bonchev–Trinajstić information content (AvgIpc) is 3.47. The van der Waals surface area contributed by atoms with Crippen LogP contribution in [0.4, 0.5) is 8.78 Å². The van der Waals surface area contributed by atoms with Gasteiger partial charge >= 0.3 is 0 Å². The predicted octanol–water partition coefficient (Wildman–Crippen LogP) is 5.14. The van der Waals surface area contributed by atoms with Gasteiger partial charge in [-0.25, -0.2) is 13.8 Å². The van der Waals surface area contributed by atoms with Crippen molar-refractivity contribution in [1.29, 1.82) is 5.26 Å². The van der Waals surface area contributed by atoms with Crippen LogP contribution in [-0.4, -0.2) is 49.4 Å². The highest BCUT2D eigenvalue weighted by Gasteiger charge is 2.23. The molecule has 3 aromatic heterocycles. The summed E-state index contributed by atoms with van der Waals surface area (Å²) in [6.07, 6.45) is 7.40. The maximum Gasteiger partial charge on any atom is 0.141 e. The molecule has 6 rings (SSSR count). The average molecular weight is 498 g/mol. The van der Waals surface area contributed by atoms with Gasteiger partial charge in [0.05, 0.1) is 41.0 Å². The van der Waals surface area contributed by atoms with Gasteiger partial charge in [-0.2, -0.15) is 10.4 Å². The number of imidazole rings is 1. The number of nitrogens with zero attached hydrogens (tertiary/aromatic N) is 7. The molecular weight excluding hydrogens is 472 g/mol. The van der Waals surface area contributed by atoms with Crippen molar-refractivity contribution < 1.29 is 8.78 Å². The maximum atomic E-state index is 15.5. The fourth-order valence-electron chi connectivity index (χ4n) is 5.28. The number of piperidine rings is 1. The minimum absolute atomic E-state index is 0.0545. The summed E-state index contributed by atoms with van der Waals surface area (Å²) in [7, 11) is 3.90. The summed E-state index contributed by atoms with van der Waals surface area (Å²) in [6.45, 7) is 2.93. The standard InChI is InChI=1S/C28H25F2N7/c1-35-7-5-17(6-8-35)15-37-16-33-28-25(37)14-32-27(26(28)18-3-4-19(12-31)22(29)10-18)21-9-20-13-34-36(2)24(20)11-23(21)30/h3-4,9-11,13-14,16-17H,5-8,15H2,1-2H3. The minimum atomic E-state index is -0.642. The van der Waals surface area contributed by atoms with Crippen molar-refractivity contribution in [1.82, 2.24) is 29.2 Å². The summed E-state index contributed by atoms with van der Waals surface area (Å²) in [4.78, 5) is 11.8. The molecule has 1 fully saturated rings. The van der Waals surface area contributed by atoms with Crippen molar-refractivity contribution in [2.24, 2.45) is 13.0 Å². The summed E-state index contributed by atoms with van der Waals surface area (Å²) in [6, 6.07) is 9.41. The Balaban J connectivity index is 1.54. The third-order valence-electron chi connectivity index (χ3n) is 7.43. The Labute approximate surface area is 212 Å². The number of halogens is 2. The topological polar surface area (TPSA) is 75.6 Å². The molecule has 2 aromatic carbocycles. The van der Waals surface area contributed by atoms with Gasteiger partial charge in [-0.1, -0.05) is 6.07 Å². The molecule has 0 saturated carbocycles. The zero-order chi connectivity index (χ0) is 25.7. The fourth-order valence-corrected chi connectivity index (χ4v) is 5.28. The van der Waals surface area contributed by atoms with E-state index >= 15 is 4.39 Å². The van der Waals surface area contributed by atoms with Crippen LogP contribution in [0, 0.1) is 28.9 Å². The largest absolute Gasteiger partial charge is 0.329 e. The number of hydrogen-bond acceptors (Lipinski definition) is 5.